The van der Waals surface area contributed by atoms with Crippen molar-refractivity contribution in [1.29, 1.82) is 0 Å². The van der Waals surface area contributed by atoms with Gasteiger partial charge < -0.3 is 10.2 Å². The number of hydrogen-bond acceptors (Lipinski definition) is 5. The zero-order chi connectivity index (χ0) is 15.4. The zero-order valence-electron chi connectivity index (χ0n) is 11.7. The van der Waals surface area contributed by atoms with E-state index in [0.717, 1.165) is 21.7 Å². The highest BCUT2D eigenvalue weighted by molar-refractivity contribution is 9.10. The van der Waals surface area contributed by atoms with E-state index in [1.54, 1.807) is 18.0 Å². The van der Waals surface area contributed by atoms with Crippen molar-refractivity contribution in [2.24, 2.45) is 0 Å². The van der Waals surface area contributed by atoms with Crippen LogP contribution in [-0.4, -0.2) is 15.7 Å². The summed E-state index contributed by atoms with van der Waals surface area (Å²) >= 11 is 5.21. The molecule has 22 heavy (non-hydrogen) atoms. The third kappa shape index (κ3) is 3.51. The summed E-state index contributed by atoms with van der Waals surface area (Å²) < 4.78 is 6.21. The molecule has 2 aromatic heterocycles. The Hall–Kier alpha value is -1.79. The molecule has 0 aliphatic heterocycles. The van der Waals surface area contributed by atoms with E-state index < -0.39 is 0 Å². The molecule has 6 heteroatoms. The summed E-state index contributed by atoms with van der Waals surface area (Å²) in [5.41, 5.74) is 7.80. The molecule has 2 N–H and O–H groups in total. The van der Waals surface area contributed by atoms with Gasteiger partial charge in [-0.1, -0.05) is 30.3 Å². The fourth-order valence-corrected chi connectivity index (χ4v) is 3.65. The Morgan fingerprint density at radius 2 is 1.91 bits per heavy atom. The lowest BCUT2D eigenvalue weighted by Crippen LogP contribution is -2.00. The Kier molecular flexibility index (Phi) is 4.80. The lowest BCUT2D eigenvalue weighted by atomic mass is 10.2. The first-order valence-corrected chi connectivity index (χ1v) is 8.55. The van der Waals surface area contributed by atoms with Gasteiger partial charge in [-0.15, -0.1) is 11.8 Å². The van der Waals surface area contributed by atoms with E-state index in [9.17, 15) is 0 Å². The molecule has 0 atom stereocenters. The lowest BCUT2D eigenvalue weighted by molar-refractivity contribution is 0.579. The maximum atomic E-state index is 5.82. The molecular formula is C16H14BrN3OS. The molecule has 0 aliphatic rings. The van der Waals surface area contributed by atoms with Crippen molar-refractivity contribution in [3.05, 3.63) is 58.8 Å². The monoisotopic (exact) mass is 375 g/mol. The summed E-state index contributed by atoms with van der Waals surface area (Å²) in [5, 5.41) is 0.829. The van der Waals surface area contributed by atoms with Gasteiger partial charge in [0.25, 0.3) is 0 Å². The molecule has 3 rings (SSSR count). The smallest absolute Gasteiger partial charge is 0.221 e. The van der Waals surface area contributed by atoms with Crippen LogP contribution in [0.15, 0.2) is 62.6 Å². The number of nitrogen functional groups attached to an aromatic ring is 1. The summed E-state index contributed by atoms with van der Waals surface area (Å²) in [6.45, 7) is 0. The number of nitrogens with zero attached hydrogens (tertiary/aromatic N) is 2. The van der Waals surface area contributed by atoms with Crippen molar-refractivity contribution >= 4 is 33.6 Å². The molecular weight excluding hydrogens is 362 g/mol. The van der Waals surface area contributed by atoms with Crippen molar-refractivity contribution < 1.29 is 4.42 Å². The van der Waals surface area contributed by atoms with Crippen molar-refractivity contribution in [1.82, 2.24) is 9.97 Å². The van der Waals surface area contributed by atoms with E-state index in [0.29, 0.717) is 11.5 Å². The topological polar surface area (TPSA) is 64.9 Å². The third-order valence-electron chi connectivity index (χ3n) is 3.07. The van der Waals surface area contributed by atoms with Gasteiger partial charge in [-0.3, -0.25) is 0 Å². The number of nitrogens with two attached hydrogens (primary N) is 1. The maximum Gasteiger partial charge on any atom is 0.221 e. The molecule has 2 heterocycles. The number of thioether (sulfide) groups is 1. The molecule has 0 aliphatic carbocycles. The molecule has 1 aromatic carbocycles. The van der Waals surface area contributed by atoms with Crippen molar-refractivity contribution in [2.45, 2.75) is 11.4 Å². The molecule has 0 amide bonds. The van der Waals surface area contributed by atoms with Crippen LogP contribution in [0.4, 0.5) is 5.95 Å². The molecule has 0 saturated heterocycles. The van der Waals surface area contributed by atoms with Crippen LogP contribution >= 0.6 is 27.7 Å². The van der Waals surface area contributed by atoms with Gasteiger partial charge in [-0.25, -0.2) is 9.97 Å². The summed E-state index contributed by atoms with van der Waals surface area (Å²) in [5.74, 6) is 1.83. The van der Waals surface area contributed by atoms with Gasteiger partial charge in [0.2, 0.25) is 5.95 Å². The van der Waals surface area contributed by atoms with E-state index in [1.165, 1.54) is 5.56 Å². The van der Waals surface area contributed by atoms with Gasteiger partial charge in [0.15, 0.2) is 5.76 Å². The number of aryl methyl sites for hydroxylation is 1. The van der Waals surface area contributed by atoms with E-state index in [2.05, 4.69) is 38.0 Å². The average molecular weight is 376 g/mol. The third-order valence-corrected chi connectivity index (χ3v) is 5.06. The number of furan rings is 1. The summed E-state index contributed by atoms with van der Waals surface area (Å²) in [6, 6.07) is 14.0. The second-order valence-electron chi connectivity index (χ2n) is 4.61. The standard InChI is InChI=1S/C16H14BrN3OS/c17-13-14(12-7-4-9-21-12)19-16(18)20-15(13)22-10-8-11-5-2-1-3-6-11/h1-7,9H,8,10H2,(H2,18,19,20). The molecule has 0 fully saturated rings. The van der Waals surface area contributed by atoms with Crippen LogP contribution < -0.4 is 5.73 Å². The minimum atomic E-state index is 0.247. The number of benzene rings is 1. The number of rotatable bonds is 5. The van der Waals surface area contributed by atoms with Crippen molar-refractivity contribution in [3.8, 4) is 11.5 Å². The molecule has 4 nitrogen and oxygen atoms in total. The predicted molar refractivity (Wildman–Crippen MR) is 92.7 cm³/mol. The van der Waals surface area contributed by atoms with Crippen LogP contribution in [0.5, 0.6) is 0 Å². The van der Waals surface area contributed by atoms with Crippen molar-refractivity contribution in [2.75, 3.05) is 11.5 Å². The Morgan fingerprint density at radius 1 is 1.09 bits per heavy atom. The number of halogens is 1. The summed E-state index contributed by atoms with van der Waals surface area (Å²) in [6.07, 6.45) is 2.58. The molecule has 0 bridgehead atoms. The predicted octanol–water partition coefficient (Wildman–Crippen LogP) is 4.42. The van der Waals surface area contributed by atoms with Gasteiger partial charge in [0, 0.05) is 5.75 Å². The van der Waals surface area contributed by atoms with Gasteiger partial charge in [0.05, 0.1) is 10.7 Å². The highest BCUT2D eigenvalue weighted by Gasteiger charge is 2.15. The highest BCUT2D eigenvalue weighted by Crippen LogP contribution is 2.34. The average Bonchev–Trinajstić information content (AvgIpc) is 3.05. The van der Waals surface area contributed by atoms with Crippen molar-refractivity contribution in [3.63, 3.8) is 0 Å². The van der Waals surface area contributed by atoms with Crippen LogP contribution in [0.1, 0.15) is 5.56 Å². The van der Waals surface area contributed by atoms with Gasteiger partial charge in [0.1, 0.15) is 10.7 Å². The van der Waals surface area contributed by atoms with Gasteiger partial charge in [-0.05, 0) is 40.0 Å². The van der Waals surface area contributed by atoms with Gasteiger partial charge in [-0.2, -0.15) is 0 Å². The maximum absolute atomic E-state index is 5.82. The largest absolute Gasteiger partial charge is 0.463 e. The van der Waals surface area contributed by atoms with E-state index in [-0.39, 0.29) is 5.95 Å². The first-order valence-electron chi connectivity index (χ1n) is 6.77. The minimum Gasteiger partial charge on any atom is -0.463 e. The number of hydrogen-bond donors (Lipinski definition) is 1. The Bertz CT molecular complexity index is 748. The fraction of sp³-hybridized carbons (Fsp3) is 0.125. The second-order valence-corrected chi connectivity index (χ2v) is 6.49. The molecule has 0 radical (unpaired) electrons. The summed E-state index contributed by atoms with van der Waals surface area (Å²) in [4.78, 5) is 8.57. The van der Waals surface area contributed by atoms with E-state index in [1.807, 2.05) is 30.3 Å². The second kappa shape index (κ2) is 6.98. The van der Waals surface area contributed by atoms with Crippen LogP contribution in [0.2, 0.25) is 0 Å². The highest BCUT2D eigenvalue weighted by atomic mass is 79.9. The van der Waals surface area contributed by atoms with Crippen LogP contribution in [0.3, 0.4) is 0 Å². The van der Waals surface area contributed by atoms with Crippen LogP contribution in [0.25, 0.3) is 11.5 Å². The fourth-order valence-electron chi connectivity index (χ4n) is 2.03. The Morgan fingerprint density at radius 3 is 2.64 bits per heavy atom. The molecule has 3 aromatic rings. The lowest BCUT2D eigenvalue weighted by Gasteiger charge is -2.08. The molecule has 0 spiro atoms. The first kappa shape index (κ1) is 15.1. The summed E-state index contributed by atoms with van der Waals surface area (Å²) in [7, 11) is 0. The minimum absolute atomic E-state index is 0.247. The quantitative estimate of drug-likeness (QED) is 0.528. The first-order chi connectivity index (χ1) is 10.7. The van der Waals surface area contributed by atoms with E-state index >= 15 is 0 Å². The number of aromatic nitrogens is 2. The zero-order valence-corrected chi connectivity index (χ0v) is 14.1. The SMILES string of the molecule is Nc1nc(SCCc2ccccc2)c(Br)c(-c2ccco2)n1. The van der Waals surface area contributed by atoms with Crippen LogP contribution in [0, 0.1) is 0 Å². The van der Waals surface area contributed by atoms with Gasteiger partial charge >= 0.3 is 0 Å². The molecule has 0 unspecified atom stereocenters. The molecule has 112 valence electrons. The Labute approximate surface area is 141 Å². The Balaban J connectivity index is 1.76. The number of anilines is 1. The molecule has 0 saturated carbocycles. The van der Waals surface area contributed by atoms with E-state index in [4.69, 9.17) is 10.2 Å². The van der Waals surface area contributed by atoms with Crippen LogP contribution in [-0.2, 0) is 6.42 Å². The normalized spacial score (nSPS) is 10.8.